The van der Waals surface area contributed by atoms with Crippen LogP contribution in [0.5, 0.6) is 0 Å². The second kappa shape index (κ2) is 3.86. The Hall–Kier alpha value is -1.02. The maximum atomic E-state index is 3.47. The van der Waals surface area contributed by atoms with Gasteiger partial charge in [-0.3, -0.25) is 0 Å². The van der Waals surface area contributed by atoms with Crippen LogP contribution in [0, 0.1) is 0 Å². The average molecular weight is 204 g/mol. The summed E-state index contributed by atoms with van der Waals surface area (Å²) in [5.41, 5.74) is 3.00. The highest BCUT2D eigenvalue weighted by atomic mass is 14.9. The molecule has 2 nitrogen and oxygen atoms in total. The molecular weight excluding hydrogens is 184 g/mol. The van der Waals surface area contributed by atoms with Crippen LogP contribution < -0.4 is 10.6 Å². The van der Waals surface area contributed by atoms with E-state index in [-0.39, 0.29) is 5.54 Å². The Morgan fingerprint density at radius 2 is 2.13 bits per heavy atom. The third-order valence-corrected chi connectivity index (χ3v) is 3.37. The van der Waals surface area contributed by atoms with Crippen LogP contribution >= 0.6 is 0 Å². The molecule has 0 bridgehead atoms. The van der Waals surface area contributed by atoms with Gasteiger partial charge in [-0.25, -0.2) is 0 Å². The lowest BCUT2D eigenvalue weighted by Gasteiger charge is -2.27. The van der Waals surface area contributed by atoms with Crippen LogP contribution in [-0.4, -0.2) is 19.1 Å². The third-order valence-electron chi connectivity index (χ3n) is 3.37. The van der Waals surface area contributed by atoms with E-state index in [0.717, 1.165) is 6.54 Å². The Morgan fingerprint density at radius 1 is 1.40 bits per heavy atom. The highest BCUT2D eigenvalue weighted by Gasteiger charge is 2.27. The first-order chi connectivity index (χ1) is 7.12. The van der Waals surface area contributed by atoms with Crippen molar-refractivity contribution in [1.82, 2.24) is 5.32 Å². The lowest BCUT2D eigenvalue weighted by atomic mass is 9.87. The van der Waals surface area contributed by atoms with E-state index < -0.39 is 0 Å². The van der Waals surface area contributed by atoms with E-state index in [4.69, 9.17) is 0 Å². The number of anilines is 1. The van der Waals surface area contributed by atoms with Crippen molar-refractivity contribution in [3.05, 3.63) is 29.8 Å². The van der Waals surface area contributed by atoms with Crippen molar-refractivity contribution in [2.75, 3.05) is 18.9 Å². The van der Waals surface area contributed by atoms with Crippen LogP contribution in [0.25, 0.3) is 0 Å². The molecule has 1 aromatic rings. The number of rotatable bonds is 3. The molecular formula is C13H20N2. The Kier molecular flexibility index (Phi) is 2.70. The zero-order chi connectivity index (χ0) is 10.9. The molecule has 0 spiro atoms. The van der Waals surface area contributed by atoms with E-state index in [1.54, 1.807) is 0 Å². The molecule has 0 amide bonds. The van der Waals surface area contributed by atoms with Gasteiger partial charge in [0.15, 0.2) is 0 Å². The van der Waals surface area contributed by atoms with Crippen molar-refractivity contribution < 1.29 is 0 Å². The number of benzene rings is 1. The van der Waals surface area contributed by atoms with E-state index >= 15 is 0 Å². The molecule has 2 N–H and O–H groups in total. The second-order valence-corrected chi connectivity index (χ2v) is 5.00. The Morgan fingerprint density at radius 3 is 2.87 bits per heavy atom. The fraction of sp³-hybridized carbons (Fsp3) is 0.538. The number of fused-ring (bicyclic) bond motifs is 1. The first kappa shape index (κ1) is 10.5. The fourth-order valence-electron chi connectivity index (χ4n) is 2.26. The van der Waals surface area contributed by atoms with Crippen molar-refractivity contribution in [1.29, 1.82) is 0 Å². The molecule has 1 aliphatic heterocycles. The molecule has 0 radical (unpaired) electrons. The topological polar surface area (TPSA) is 24.1 Å². The molecule has 2 heteroatoms. The van der Waals surface area contributed by atoms with Gasteiger partial charge in [0, 0.05) is 23.7 Å². The zero-order valence-corrected chi connectivity index (χ0v) is 9.80. The lowest BCUT2D eigenvalue weighted by Crippen LogP contribution is -2.38. The molecule has 1 heterocycles. The minimum absolute atomic E-state index is 0.212. The maximum Gasteiger partial charge on any atom is 0.0376 e. The predicted molar refractivity (Wildman–Crippen MR) is 65.4 cm³/mol. The summed E-state index contributed by atoms with van der Waals surface area (Å²) in [7, 11) is 2.04. The summed E-state index contributed by atoms with van der Waals surface area (Å²) in [6.45, 7) is 5.59. The van der Waals surface area contributed by atoms with Crippen LogP contribution in [0.3, 0.4) is 0 Å². The van der Waals surface area contributed by atoms with Gasteiger partial charge in [-0.05, 0) is 38.9 Å². The summed E-state index contributed by atoms with van der Waals surface area (Å²) in [5.74, 6) is 0.642. The smallest absolute Gasteiger partial charge is 0.0376 e. The normalized spacial score (nSPS) is 19.8. The van der Waals surface area contributed by atoms with Gasteiger partial charge in [-0.1, -0.05) is 18.2 Å². The number of hydrogen-bond acceptors (Lipinski definition) is 2. The molecule has 0 fully saturated rings. The quantitative estimate of drug-likeness (QED) is 0.790. The van der Waals surface area contributed by atoms with Crippen LogP contribution in [0.1, 0.15) is 31.7 Å². The summed E-state index contributed by atoms with van der Waals surface area (Å²) >= 11 is 0. The van der Waals surface area contributed by atoms with E-state index in [2.05, 4.69) is 48.7 Å². The van der Waals surface area contributed by atoms with Gasteiger partial charge in [0.05, 0.1) is 0 Å². The zero-order valence-electron chi connectivity index (χ0n) is 9.80. The van der Waals surface area contributed by atoms with Gasteiger partial charge in [-0.2, -0.15) is 0 Å². The molecule has 1 atom stereocenters. The van der Waals surface area contributed by atoms with E-state index in [1.165, 1.54) is 17.7 Å². The number of para-hydroxylation sites is 1. The summed E-state index contributed by atoms with van der Waals surface area (Å²) < 4.78 is 0. The molecule has 2 rings (SSSR count). The highest BCUT2D eigenvalue weighted by Crippen LogP contribution is 2.35. The molecule has 1 unspecified atom stereocenters. The first-order valence-corrected chi connectivity index (χ1v) is 5.64. The lowest BCUT2D eigenvalue weighted by molar-refractivity contribution is 0.367. The molecule has 1 aromatic carbocycles. The van der Waals surface area contributed by atoms with Gasteiger partial charge in [0.2, 0.25) is 0 Å². The van der Waals surface area contributed by atoms with Crippen molar-refractivity contribution in [3.8, 4) is 0 Å². The fourth-order valence-corrected chi connectivity index (χ4v) is 2.26. The van der Waals surface area contributed by atoms with Gasteiger partial charge in [0.1, 0.15) is 0 Å². The Bertz CT molecular complexity index is 344. The van der Waals surface area contributed by atoms with Crippen molar-refractivity contribution in [2.24, 2.45) is 0 Å². The minimum Gasteiger partial charge on any atom is -0.384 e. The summed E-state index contributed by atoms with van der Waals surface area (Å²) in [5, 5.41) is 6.84. The van der Waals surface area contributed by atoms with Gasteiger partial charge in [0.25, 0.3) is 0 Å². The number of hydrogen-bond donors (Lipinski definition) is 2. The van der Waals surface area contributed by atoms with E-state index in [0.29, 0.717) is 5.92 Å². The van der Waals surface area contributed by atoms with Gasteiger partial charge in [-0.15, -0.1) is 0 Å². The van der Waals surface area contributed by atoms with Crippen molar-refractivity contribution in [3.63, 3.8) is 0 Å². The summed E-state index contributed by atoms with van der Waals surface area (Å²) in [6, 6.07) is 8.64. The molecule has 0 aromatic heterocycles. The Balaban J connectivity index is 2.14. The molecule has 0 saturated carbocycles. The third kappa shape index (κ3) is 2.15. The average Bonchev–Trinajstić information content (AvgIpc) is 2.62. The second-order valence-electron chi connectivity index (χ2n) is 5.00. The van der Waals surface area contributed by atoms with Gasteiger partial charge >= 0.3 is 0 Å². The molecule has 0 aliphatic carbocycles. The van der Waals surface area contributed by atoms with Crippen LogP contribution in [-0.2, 0) is 0 Å². The largest absolute Gasteiger partial charge is 0.384 e. The van der Waals surface area contributed by atoms with Crippen LogP contribution in [0.4, 0.5) is 5.69 Å². The molecule has 1 aliphatic rings. The monoisotopic (exact) mass is 204 g/mol. The highest BCUT2D eigenvalue weighted by molar-refractivity contribution is 5.57. The summed E-state index contributed by atoms with van der Waals surface area (Å²) in [6.07, 6.45) is 1.17. The van der Waals surface area contributed by atoms with Crippen molar-refractivity contribution >= 4 is 5.69 Å². The maximum absolute atomic E-state index is 3.47. The van der Waals surface area contributed by atoms with Crippen LogP contribution in [0.2, 0.25) is 0 Å². The SMILES string of the molecule is CNC(C)(C)CC1CNc2ccccc21. The Labute approximate surface area is 92.1 Å². The molecule has 0 saturated heterocycles. The van der Waals surface area contributed by atoms with E-state index in [9.17, 15) is 0 Å². The summed E-state index contributed by atoms with van der Waals surface area (Å²) in [4.78, 5) is 0. The van der Waals surface area contributed by atoms with Crippen LogP contribution in [0.15, 0.2) is 24.3 Å². The first-order valence-electron chi connectivity index (χ1n) is 5.64. The van der Waals surface area contributed by atoms with Gasteiger partial charge < -0.3 is 10.6 Å². The minimum atomic E-state index is 0.212. The predicted octanol–water partition coefficient (Wildman–Crippen LogP) is 2.58. The standard InChI is InChI=1S/C13H20N2/c1-13(2,14-3)8-10-9-15-12-7-5-4-6-11(10)12/h4-7,10,14-15H,8-9H2,1-3H3. The molecule has 15 heavy (non-hydrogen) atoms. The van der Waals surface area contributed by atoms with E-state index in [1.807, 2.05) is 7.05 Å². The molecule has 82 valence electrons. The number of nitrogens with one attached hydrogen (secondary N) is 2. The van der Waals surface area contributed by atoms with Crippen molar-refractivity contribution in [2.45, 2.75) is 31.7 Å².